The minimum absolute atomic E-state index is 0.340. The maximum Gasteiger partial charge on any atom is 0.338 e. The number of benzene rings is 1. The van der Waals surface area contributed by atoms with Crippen molar-refractivity contribution in [3.8, 4) is 11.3 Å². The van der Waals surface area contributed by atoms with Gasteiger partial charge in [0.1, 0.15) is 5.82 Å². The third-order valence-corrected chi connectivity index (χ3v) is 4.19. The third-order valence-electron chi connectivity index (χ3n) is 4.19. The van der Waals surface area contributed by atoms with Crippen LogP contribution < -0.4 is 0 Å². The van der Waals surface area contributed by atoms with E-state index in [-0.39, 0.29) is 5.82 Å². The lowest BCUT2D eigenvalue weighted by Gasteiger charge is -2.08. The topological polar surface area (TPSA) is 69.9 Å². The van der Waals surface area contributed by atoms with Gasteiger partial charge in [0, 0.05) is 11.8 Å². The van der Waals surface area contributed by atoms with Gasteiger partial charge < -0.3 is 4.74 Å². The summed E-state index contributed by atoms with van der Waals surface area (Å²) in [5, 5.41) is 4.95. The molecule has 3 aromatic heterocycles. The number of hydrogen-bond donors (Lipinski definition) is 0. The first-order valence-electron chi connectivity index (χ1n) is 8.26. The number of pyridine rings is 2. The number of hydrogen-bond acceptors (Lipinski definition) is 5. The van der Waals surface area contributed by atoms with Gasteiger partial charge in [-0.1, -0.05) is 6.07 Å². The molecule has 7 heteroatoms. The van der Waals surface area contributed by atoms with Gasteiger partial charge in [0.2, 0.25) is 0 Å². The van der Waals surface area contributed by atoms with Crippen LogP contribution in [0.5, 0.6) is 0 Å². The molecule has 27 heavy (non-hydrogen) atoms. The summed E-state index contributed by atoms with van der Waals surface area (Å²) in [5.74, 6) is -0.823. The molecule has 0 radical (unpaired) electrons. The second kappa shape index (κ2) is 6.95. The summed E-state index contributed by atoms with van der Waals surface area (Å²) < 4.78 is 19.8. The van der Waals surface area contributed by atoms with Gasteiger partial charge in [0.25, 0.3) is 0 Å². The van der Waals surface area contributed by atoms with Gasteiger partial charge in [0.15, 0.2) is 5.65 Å². The number of ether oxygens (including phenoxy) is 1. The predicted molar refractivity (Wildman–Crippen MR) is 97.6 cm³/mol. The van der Waals surface area contributed by atoms with Gasteiger partial charge in [-0.15, -0.1) is 0 Å². The number of fused-ring (bicyclic) bond motifs is 1. The zero-order valence-corrected chi connectivity index (χ0v) is 14.5. The molecular weight excluding hydrogens is 347 g/mol. The molecule has 0 aliphatic carbocycles. The van der Waals surface area contributed by atoms with Crippen molar-refractivity contribution >= 4 is 17.0 Å². The maximum absolute atomic E-state index is 13.3. The summed E-state index contributed by atoms with van der Waals surface area (Å²) in [7, 11) is 1.32. The number of methoxy groups -OCH3 is 1. The Morgan fingerprint density at radius 3 is 2.70 bits per heavy atom. The van der Waals surface area contributed by atoms with Gasteiger partial charge in [-0.05, 0) is 42.5 Å². The summed E-state index contributed by atoms with van der Waals surface area (Å²) in [6.45, 7) is 0.408. The van der Waals surface area contributed by atoms with E-state index in [2.05, 4.69) is 15.1 Å². The molecule has 0 unspecified atom stereocenters. The van der Waals surface area contributed by atoms with Crippen LogP contribution in [0.1, 0.15) is 16.1 Å². The van der Waals surface area contributed by atoms with E-state index in [1.165, 1.54) is 19.2 Å². The van der Waals surface area contributed by atoms with E-state index in [0.717, 1.165) is 5.69 Å². The second-order valence-electron chi connectivity index (χ2n) is 5.91. The van der Waals surface area contributed by atoms with E-state index in [4.69, 9.17) is 4.74 Å². The van der Waals surface area contributed by atoms with Crippen molar-refractivity contribution < 1.29 is 13.9 Å². The van der Waals surface area contributed by atoms with Crippen LogP contribution in [-0.4, -0.2) is 32.8 Å². The smallest absolute Gasteiger partial charge is 0.338 e. The summed E-state index contributed by atoms with van der Waals surface area (Å²) >= 11 is 0. The van der Waals surface area contributed by atoms with E-state index in [0.29, 0.717) is 34.4 Å². The number of esters is 1. The number of rotatable bonds is 4. The van der Waals surface area contributed by atoms with Crippen molar-refractivity contribution in [3.05, 3.63) is 78.0 Å². The van der Waals surface area contributed by atoms with Gasteiger partial charge in [-0.3, -0.25) is 4.98 Å². The van der Waals surface area contributed by atoms with Crippen LogP contribution >= 0.6 is 0 Å². The zero-order chi connectivity index (χ0) is 18.8. The lowest BCUT2D eigenvalue weighted by Crippen LogP contribution is -2.07. The molecule has 0 atom stereocenters. The van der Waals surface area contributed by atoms with Crippen LogP contribution in [0.4, 0.5) is 4.39 Å². The molecule has 0 saturated carbocycles. The summed E-state index contributed by atoms with van der Waals surface area (Å²) in [5.41, 5.74) is 2.92. The predicted octanol–water partition coefficient (Wildman–Crippen LogP) is 3.47. The van der Waals surface area contributed by atoms with Crippen LogP contribution in [0.25, 0.3) is 22.3 Å². The SMILES string of the molecule is COC(=O)c1cc(-c2ccc(F)cc2)nc2c1cnn2Cc1ccccn1. The third kappa shape index (κ3) is 3.27. The molecule has 0 aliphatic heterocycles. The highest BCUT2D eigenvalue weighted by Gasteiger charge is 2.18. The average Bonchev–Trinajstić information content (AvgIpc) is 3.11. The highest BCUT2D eigenvalue weighted by Crippen LogP contribution is 2.26. The fraction of sp³-hybridized carbons (Fsp3) is 0.100. The standard InChI is InChI=1S/C20H15FN4O2/c1-27-20(26)16-10-18(13-5-7-14(21)8-6-13)24-19-17(16)11-23-25(19)12-15-4-2-3-9-22-15/h2-11H,12H2,1H3. The number of carbonyl (C=O) groups excluding carboxylic acids is 1. The average molecular weight is 362 g/mol. The van der Waals surface area contributed by atoms with E-state index in [1.54, 1.807) is 35.3 Å². The lowest BCUT2D eigenvalue weighted by molar-refractivity contribution is 0.0603. The minimum atomic E-state index is -0.483. The van der Waals surface area contributed by atoms with E-state index in [9.17, 15) is 9.18 Å². The molecule has 0 fully saturated rings. The monoisotopic (exact) mass is 362 g/mol. The molecule has 0 aliphatic rings. The first-order valence-corrected chi connectivity index (χ1v) is 8.26. The summed E-state index contributed by atoms with van der Waals surface area (Å²) in [4.78, 5) is 21.2. The first-order chi connectivity index (χ1) is 13.2. The normalized spacial score (nSPS) is 10.9. The molecule has 0 saturated heterocycles. The van der Waals surface area contributed by atoms with E-state index in [1.807, 2.05) is 18.2 Å². The molecular formula is C20H15FN4O2. The number of aromatic nitrogens is 4. The van der Waals surface area contributed by atoms with Crippen molar-refractivity contribution in [1.29, 1.82) is 0 Å². The zero-order valence-electron chi connectivity index (χ0n) is 14.5. The molecule has 0 amide bonds. The van der Waals surface area contributed by atoms with Crippen molar-refractivity contribution in [2.75, 3.05) is 7.11 Å². The van der Waals surface area contributed by atoms with Gasteiger partial charge in [-0.2, -0.15) is 5.10 Å². The van der Waals surface area contributed by atoms with Gasteiger partial charge >= 0.3 is 5.97 Å². The highest BCUT2D eigenvalue weighted by molar-refractivity contribution is 6.03. The number of carbonyl (C=O) groups is 1. The Morgan fingerprint density at radius 1 is 1.19 bits per heavy atom. The Labute approximate surface area is 154 Å². The Kier molecular flexibility index (Phi) is 4.33. The van der Waals surface area contributed by atoms with Gasteiger partial charge in [0.05, 0.1) is 42.2 Å². The number of halogens is 1. The molecule has 3 heterocycles. The highest BCUT2D eigenvalue weighted by atomic mass is 19.1. The van der Waals surface area contributed by atoms with E-state index >= 15 is 0 Å². The number of nitrogens with zero attached hydrogens (tertiary/aromatic N) is 4. The second-order valence-corrected chi connectivity index (χ2v) is 5.91. The van der Waals surface area contributed by atoms with Crippen molar-refractivity contribution in [3.63, 3.8) is 0 Å². The summed E-state index contributed by atoms with van der Waals surface area (Å²) in [6.07, 6.45) is 3.30. The quantitative estimate of drug-likeness (QED) is 0.520. The Balaban J connectivity index is 1.88. The maximum atomic E-state index is 13.3. The fourth-order valence-corrected chi connectivity index (χ4v) is 2.86. The van der Waals surface area contributed by atoms with Crippen molar-refractivity contribution in [1.82, 2.24) is 19.7 Å². The summed E-state index contributed by atoms with van der Waals surface area (Å²) in [6, 6.07) is 13.2. The minimum Gasteiger partial charge on any atom is -0.465 e. The van der Waals surface area contributed by atoms with Crippen LogP contribution in [-0.2, 0) is 11.3 Å². The Morgan fingerprint density at radius 2 is 2.00 bits per heavy atom. The van der Waals surface area contributed by atoms with Crippen LogP contribution in [0.3, 0.4) is 0 Å². The first kappa shape index (κ1) is 16.8. The Hall–Kier alpha value is -3.61. The van der Waals surface area contributed by atoms with Crippen molar-refractivity contribution in [2.24, 2.45) is 0 Å². The molecule has 4 rings (SSSR count). The molecule has 6 nitrogen and oxygen atoms in total. The molecule has 0 N–H and O–H groups in total. The molecule has 134 valence electrons. The Bertz CT molecular complexity index is 1110. The molecule has 4 aromatic rings. The van der Waals surface area contributed by atoms with E-state index < -0.39 is 5.97 Å². The molecule has 1 aromatic carbocycles. The lowest BCUT2D eigenvalue weighted by atomic mass is 10.1. The largest absolute Gasteiger partial charge is 0.465 e. The fourth-order valence-electron chi connectivity index (χ4n) is 2.86. The van der Waals surface area contributed by atoms with Crippen LogP contribution in [0.2, 0.25) is 0 Å². The van der Waals surface area contributed by atoms with Gasteiger partial charge in [-0.25, -0.2) is 18.9 Å². The van der Waals surface area contributed by atoms with Crippen LogP contribution in [0, 0.1) is 5.82 Å². The van der Waals surface area contributed by atoms with Crippen LogP contribution in [0.15, 0.2) is 60.9 Å². The molecule has 0 bridgehead atoms. The van der Waals surface area contributed by atoms with Crippen molar-refractivity contribution in [2.45, 2.75) is 6.54 Å². The molecule has 0 spiro atoms.